The lowest BCUT2D eigenvalue weighted by molar-refractivity contribution is -0.128. The van der Waals surface area contributed by atoms with Crippen LogP contribution < -0.4 is 4.74 Å². The third-order valence-corrected chi connectivity index (χ3v) is 3.09. The Morgan fingerprint density at radius 3 is 2.89 bits per heavy atom. The van der Waals surface area contributed by atoms with Crippen molar-refractivity contribution in [2.75, 3.05) is 19.7 Å². The molecule has 1 N–H and O–H groups in total. The van der Waals surface area contributed by atoms with Crippen molar-refractivity contribution in [3.8, 4) is 5.75 Å². The van der Waals surface area contributed by atoms with Gasteiger partial charge in [0.25, 0.3) is 0 Å². The normalized spacial score (nSPS) is 15.2. The highest BCUT2D eigenvalue weighted by molar-refractivity contribution is 5.78. The fourth-order valence-corrected chi connectivity index (χ4v) is 2.21. The minimum absolute atomic E-state index is 0.0165. The molecule has 1 amide bonds. The van der Waals surface area contributed by atoms with E-state index >= 15 is 0 Å². The molecule has 1 aromatic carbocycles. The maximum Gasteiger partial charge on any atom is 0.222 e. The number of hydrogen-bond acceptors (Lipinski definition) is 3. The van der Waals surface area contributed by atoms with Crippen molar-refractivity contribution in [2.24, 2.45) is 0 Å². The van der Waals surface area contributed by atoms with Crippen molar-refractivity contribution in [1.29, 1.82) is 0 Å². The topological polar surface area (TPSA) is 49.8 Å². The molecule has 1 saturated heterocycles. The minimum Gasteiger partial charge on any atom is -0.492 e. The SMILES string of the molecule is Cc1cc(CO)cc(OCCN2CCCC2=O)c1. The number of carbonyl (C=O) groups is 1. The predicted octanol–water partition coefficient (Wildman–Crippen LogP) is 1.49. The predicted molar refractivity (Wildman–Crippen MR) is 68.4 cm³/mol. The van der Waals surface area contributed by atoms with Crippen molar-refractivity contribution >= 4 is 5.91 Å². The smallest absolute Gasteiger partial charge is 0.222 e. The molecule has 1 aliphatic rings. The van der Waals surface area contributed by atoms with Gasteiger partial charge in [-0.2, -0.15) is 0 Å². The summed E-state index contributed by atoms with van der Waals surface area (Å²) in [6.07, 6.45) is 1.62. The number of likely N-dealkylation sites (tertiary alicyclic amines) is 1. The molecule has 0 unspecified atom stereocenters. The Kier molecular flexibility index (Phi) is 4.20. The first kappa shape index (κ1) is 12.9. The zero-order valence-corrected chi connectivity index (χ0v) is 10.7. The van der Waals surface area contributed by atoms with Crippen LogP contribution in [0.25, 0.3) is 0 Å². The molecule has 1 heterocycles. The van der Waals surface area contributed by atoms with Gasteiger partial charge in [-0.25, -0.2) is 0 Å². The second-order valence-electron chi connectivity index (χ2n) is 4.65. The molecule has 0 atom stereocenters. The zero-order chi connectivity index (χ0) is 13.0. The Hall–Kier alpha value is -1.55. The highest BCUT2D eigenvalue weighted by Gasteiger charge is 2.19. The molecule has 0 radical (unpaired) electrons. The number of hydrogen-bond donors (Lipinski definition) is 1. The van der Waals surface area contributed by atoms with Crippen LogP contribution in [-0.4, -0.2) is 35.6 Å². The van der Waals surface area contributed by atoms with Gasteiger partial charge in [-0.3, -0.25) is 4.79 Å². The first-order valence-electron chi connectivity index (χ1n) is 6.31. The van der Waals surface area contributed by atoms with Crippen LogP contribution in [0.1, 0.15) is 24.0 Å². The summed E-state index contributed by atoms with van der Waals surface area (Å²) in [5.74, 6) is 0.976. The first-order chi connectivity index (χ1) is 8.69. The molecule has 0 saturated carbocycles. The van der Waals surface area contributed by atoms with Crippen LogP contribution in [0.2, 0.25) is 0 Å². The quantitative estimate of drug-likeness (QED) is 0.860. The van der Waals surface area contributed by atoms with Crippen molar-refractivity contribution in [3.63, 3.8) is 0 Å². The van der Waals surface area contributed by atoms with E-state index in [1.807, 2.05) is 30.0 Å². The minimum atomic E-state index is 0.0165. The Morgan fingerprint density at radius 1 is 1.39 bits per heavy atom. The van der Waals surface area contributed by atoms with E-state index in [1.54, 1.807) is 0 Å². The van der Waals surface area contributed by atoms with Crippen LogP contribution >= 0.6 is 0 Å². The Balaban J connectivity index is 1.86. The fraction of sp³-hybridized carbons (Fsp3) is 0.500. The number of carbonyl (C=O) groups excluding carboxylic acids is 1. The van der Waals surface area contributed by atoms with Gasteiger partial charge in [-0.1, -0.05) is 6.07 Å². The summed E-state index contributed by atoms with van der Waals surface area (Å²) in [5, 5.41) is 9.11. The molecule has 0 spiro atoms. The monoisotopic (exact) mass is 249 g/mol. The summed E-state index contributed by atoms with van der Waals surface area (Å²) in [6.45, 7) is 3.97. The Labute approximate surface area is 107 Å². The summed E-state index contributed by atoms with van der Waals surface area (Å²) < 4.78 is 5.63. The number of aliphatic hydroxyl groups excluding tert-OH is 1. The van der Waals surface area contributed by atoms with E-state index in [4.69, 9.17) is 9.84 Å². The molecular formula is C14H19NO3. The highest BCUT2D eigenvalue weighted by atomic mass is 16.5. The molecule has 4 nitrogen and oxygen atoms in total. The molecule has 1 fully saturated rings. The van der Waals surface area contributed by atoms with E-state index in [0.717, 1.165) is 29.8 Å². The molecule has 98 valence electrons. The average Bonchev–Trinajstić information content (AvgIpc) is 2.74. The maximum atomic E-state index is 11.4. The third-order valence-electron chi connectivity index (χ3n) is 3.09. The summed E-state index contributed by atoms with van der Waals surface area (Å²) in [7, 11) is 0. The second kappa shape index (κ2) is 5.87. The molecule has 1 aliphatic heterocycles. The largest absolute Gasteiger partial charge is 0.492 e. The van der Waals surface area contributed by atoms with Gasteiger partial charge >= 0.3 is 0 Å². The third kappa shape index (κ3) is 3.23. The van der Waals surface area contributed by atoms with E-state index in [0.29, 0.717) is 19.6 Å². The van der Waals surface area contributed by atoms with Gasteiger partial charge in [0, 0.05) is 13.0 Å². The Bertz CT molecular complexity index is 431. The van der Waals surface area contributed by atoms with Gasteiger partial charge in [-0.05, 0) is 36.6 Å². The second-order valence-corrected chi connectivity index (χ2v) is 4.65. The van der Waals surface area contributed by atoms with Crippen LogP contribution in [0.15, 0.2) is 18.2 Å². The average molecular weight is 249 g/mol. The number of benzene rings is 1. The van der Waals surface area contributed by atoms with Crippen molar-refractivity contribution in [1.82, 2.24) is 4.90 Å². The lowest BCUT2D eigenvalue weighted by Crippen LogP contribution is -2.29. The molecule has 1 aromatic rings. The summed E-state index contributed by atoms with van der Waals surface area (Å²) >= 11 is 0. The molecular weight excluding hydrogens is 230 g/mol. The standard InChI is InChI=1S/C14H19NO3/c1-11-7-12(10-16)9-13(8-11)18-6-5-15-4-2-3-14(15)17/h7-9,16H,2-6,10H2,1H3. The number of amides is 1. The van der Waals surface area contributed by atoms with Gasteiger partial charge in [0.15, 0.2) is 0 Å². The van der Waals surface area contributed by atoms with Gasteiger partial charge < -0.3 is 14.7 Å². The van der Waals surface area contributed by atoms with Gasteiger partial charge in [0.2, 0.25) is 5.91 Å². The van der Waals surface area contributed by atoms with E-state index in [2.05, 4.69) is 0 Å². The lowest BCUT2D eigenvalue weighted by Gasteiger charge is -2.16. The lowest BCUT2D eigenvalue weighted by atomic mass is 10.1. The molecule has 4 heteroatoms. The van der Waals surface area contributed by atoms with Crippen LogP contribution in [0.3, 0.4) is 0 Å². The van der Waals surface area contributed by atoms with Gasteiger partial charge in [-0.15, -0.1) is 0 Å². The zero-order valence-electron chi connectivity index (χ0n) is 10.7. The van der Waals surface area contributed by atoms with E-state index in [-0.39, 0.29) is 12.5 Å². The van der Waals surface area contributed by atoms with Crippen LogP contribution in [0.4, 0.5) is 0 Å². The Morgan fingerprint density at radius 2 is 2.22 bits per heavy atom. The highest BCUT2D eigenvalue weighted by Crippen LogP contribution is 2.17. The maximum absolute atomic E-state index is 11.4. The fourth-order valence-electron chi connectivity index (χ4n) is 2.21. The first-order valence-corrected chi connectivity index (χ1v) is 6.31. The van der Waals surface area contributed by atoms with Crippen LogP contribution in [-0.2, 0) is 11.4 Å². The van der Waals surface area contributed by atoms with E-state index in [9.17, 15) is 4.79 Å². The number of aliphatic hydroxyl groups is 1. The summed E-state index contributed by atoms with van der Waals surface area (Å²) in [5.41, 5.74) is 1.91. The molecule has 18 heavy (non-hydrogen) atoms. The number of rotatable bonds is 5. The van der Waals surface area contributed by atoms with Crippen LogP contribution in [0, 0.1) is 6.92 Å². The van der Waals surface area contributed by atoms with Gasteiger partial charge in [0.1, 0.15) is 12.4 Å². The van der Waals surface area contributed by atoms with Crippen LogP contribution in [0.5, 0.6) is 5.75 Å². The number of nitrogens with zero attached hydrogens (tertiary/aromatic N) is 1. The summed E-state index contributed by atoms with van der Waals surface area (Å²) in [6, 6.07) is 5.70. The summed E-state index contributed by atoms with van der Waals surface area (Å²) in [4.78, 5) is 13.2. The van der Waals surface area contributed by atoms with Gasteiger partial charge in [0.05, 0.1) is 13.2 Å². The van der Waals surface area contributed by atoms with Crippen molar-refractivity contribution in [3.05, 3.63) is 29.3 Å². The molecule has 0 aliphatic carbocycles. The number of aryl methyl sites for hydroxylation is 1. The molecule has 0 bridgehead atoms. The molecule has 2 rings (SSSR count). The molecule has 0 aromatic heterocycles. The van der Waals surface area contributed by atoms with Crippen molar-refractivity contribution in [2.45, 2.75) is 26.4 Å². The number of ether oxygens (including phenoxy) is 1. The van der Waals surface area contributed by atoms with Crippen molar-refractivity contribution < 1.29 is 14.6 Å². The van der Waals surface area contributed by atoms with E-state index in [1.165, 1.54) is 0 Å². The van der Waals surface area contributed by atoms with E-state index < -0.39 is 0 Å².